The van der Waals surface area contributed by atoms with Gasteiger partial charge < -0.3 is 5.73 Å². The van der Waals surface area contributed by atoms with E-state index in [1.165, 1.54) is 0 Å². The van der Waals surface area contributed by atoms with Crippen LogP contribution >= 0.6 is 11.6 Å². The largest absolute Gasteiger partial charge is 0.364 e. The van der Waals surface area contributed by atoms with Crippen LogP contribution in [0, 0.1) is 13.8 Å². The van der Waals surface area contributed by atoms with Crippen molar-refractivity contribution in [3.8, 4) is 0 Å². The first kappa shape index (κ1) is 9.00. The first-order valence-corrected chi connectivity index (χ1v) is 3.83. The molecule has 0 atom stereocenters. The zero-order valence-corrected chi connectivity index (χ0v) is 7.64. The van der Waals surface area contributed by atoms with Crippen LogP contribution in [0.1, 0.15) is 21.7 Å². The van der Waals surface area contributed by atoms with Crippen molar-refractivity contribution in [1.29, 1.82) is 0 Å². The summed E-state index contributed by atoms with van der Waals surface area (Å²) in [6.45, 7) is 3.68. The van der Waals surface area contributed by atoms with E-state index in [1.54, 1.807) is 13.0 Å². The van der Waals surface area contributed by atoms with Crippen LogP contribution in [-0.4, -0.2) is 10.9 Å². The lowest BCUT2D eigenvalue weighted by Crippen LogP contribution is -2.14. The Bertz CT molecular complexity index is 336. The molecule has 0 fully saturated rings. The average molecular weight is 185 g/mol. The third-order valence-electron chi connectivity index (χ3n) is 1.65. The lowest BCUT2D eigenvalue weighted by molar-refractivity contribution is 0.0995. The van der Waals surface area contributed by atoms with Gasteiger partial charge in [0.25, 0.3) is 5.91 Å². The van der Waals surface area contributed by atoms with Crippen molar-refractivity contribution in [3.05, 3.63) is 28.0 Å². The summed E-state index contributed by atoms with van der Waals surface area (Å²) >= 11 is 5.73. The number of nitrogens with zero attached hydrogens (tertiary/aromatic N) is 1. The molecule has 64 valence electrons. The molecule has 1 aromatic rings. The summed E-state index contributed by atoms with van der Waals surface area (Å²) in [4.78, 5) is 14.7. The van der Waals surface area contributed by atoms with Gasteiger partial charge in [-0.1, -0.05) is 11.6 Å². The standard InChI is InChI=1S/C8H9ClN2O/c1-4-3-6(9)7(8(10)12)11-5(4)2/h3H,1-2H3,(H2,10,12). The molecule has 4 heteroatoms. The molecule has 0 aliphatic rings. The van der Waals surface area contributed by atoms with Gasteiger partial charge in [0.1, 0.15) is 5.69 Å². The second kappa shape index (κ2) is 3.11. The maximum Gasteiger partial charge on any atom is 0.268 e. The van der Waals surface area contributed by atoms with Crippen LogP contribution in [0.3, 0.4) is 0 Å². The smallest absolute Gasteiger partial charge is 0.268 e. The van der Waals surface area contributed by atoms with Crippen LogP contribution < -0.4 is 5.73 Å². The Hall–Kier alpha value is -1.09. The molecular weight excluding hydrogens is 176 g/mol. The minimum absolute atomic E-state index is 0.139. The van der Waals surface area contributed by atoms with Crippen molar-refractivity contribution < 1.29 is 4.79 Å². The number of halogens is 1. The molecule has 0 aromatic carbocycles. The number of pyridine rings is 1. The molecule has 0 aliphatic carbocycles. The highest BCUT2D eigenvalue weighted by Crippen LogP contribution is 2.16. The fraction of sp³-hybridized carbons (Fsp3) is 0.250. The number of aryl methyl sites for hydroxylation is 2. The summed E-state index contributed by atoms with van der Waals surface area (Å²) < 4.78 is 0. The van der Waals surface area contributed by atoms with E-state index >= 15 is 0 Å². The Kier molecular flexibility index (Phi) is 2.33. The third kappa shape index (κ3) is 1.56. The Morgan fingerprint density at radius 1 is 1.58 bits per heavy atom. The van der Waals surface area contributed by atoms with Gasteiger partial charge in [-0.3, -0.25) is 4.79 Å². The zero-order valence-electron chi connectivity index (χ0n) is 6.89. The SMILES string of the molecule is Cc1cc(Cl)c(C(N)=O)nc1C. The van der Waals surface area contributed by atoms with E-state index in [0.29, 0.717) is 5.02 Å². The Morgan fingerprint density at radius 3 is 2.67 bits per heavy atom. The molecule has 2 N–H and O–H groups in total. The number of hydrogen-bond acceptors (Lipinski definition) is 2. The molecule has 1 aromatic heterocycles. The lowest BCUT2D eigenvalue weighted by Gasteiger charge is -2.03. The predicted molar refractivity (Wildman–Crippen MR) is 47.2 cm³/mol. The molecular formula is C8H9ClN2O. The number of nitrogens with two attached hydrogens (primary N) is 1. The predicted octanol–water partition coefficient (Wildman–Crippen LogP) is 1.45. The molecule has 0 radical (unpaired) electrons. The van der Waals surface area contributed by atoms with Gasteiger partial charge >= 0.3 is 0 Å². The van der Waals surface area contributed by atoms with Crippen molar-refractivity contribution >= 4 is 17.5 Å². The third-order valence-corrected chi connectivity index (χ3v) is 1.94. The van der Waals surface area contributed by atoms with E-state index in [-0.39, 0.29) is 5.69 Å². The van der Waals surface area contributed by atoms with Crippen LogP contribution in [0.2, 0.25) is 5.02 Å². The molecule has 1 rings (SSSR count). The summed E-state index contributed by atoms with van der Waals surface area (Å²) in [7, 11) is 0. The maximum atomic E-state index is 10.8. The number of aromatic nitrogens is 1. The van der Waals surface area contributed by atoms with Gasteiger partial charge in [0.05, 0.1) is 5.02 Å². The van der Waals surface area contributed by atoms with Crippen molar-refractivity contribution in [1.82, 2.24) is 4.98 Å². The Labute approximate surface area is 75.6 Å². The first-order valence-electron chi connectivity index (χ1n) is 3.46. The van der Waals surface area contributed by atoms with E-state index in [1.807, 2.05) is 6.92 Å². The van der Waals surface area contributed by atoms with E-state index in [2.05, 4.69) is 4.98 Å². The number of carbonyl (C=O) groups excluding carboxylic acids is 1. The molecule has 0 spiro atoms. The van der Waals surface area contributed by atoms with Gasteiger partial charge in [0.15, 0.2) is 0 Å². The van der Waals surface area contributed by atoms with Crippen LogP contribution in [-0.2, 0) is 0 Å². The molecule has 0 saturated heterocycles. The number of amides is 1. The van der Waals surface area contributed by atoms with E-state index in [0.717, 1.165) is 11.3 Å². The number of hydrogen-bond donors (Lipinski definition) is 1. The molecule has 0 unspecified atom stereocenters. The maximum absolute atomic E-state index is 10.8. The normalized spacial score (nSPS) is 9.92. The highest BCUT2D eigenvalue weighted by Gasteiger charge is 2.09. The van der Waals surface area contributed by atoms with Crippen LogP contribution in [0.4, 0.5) is 0 Å². The highest BCUT2D eigenvalue weighted by atomic mass is 35.5. The van der Waals surface area contributed by atoms with Gasteiger partial charge in [-0.25, -0.2) is 4.98 Å². The number of carbonyl (C=O) groups is 1. The molecule has 3 nitrogen and oxygen atoms in total. The summed E-state index contributed by atoms with van der Waals surface area (Å²) in [5.41, 5.74) is 6.91. The van der Waals surface area contributed by atoms with Crippen molar-refractivity contribution in [2.24, 2.45) is 5.73 Å². The van der Waals surface area contributed by atoms with Gasteiger partial charge in [-0.2, -0.15) is 0 Å². The van der Waals surface area contributed by atoms with E-state index in [9.17, 15) is 4.79 Å². The van der Waals surface area contributed by atoms with Gasteiger partial charge in [-0.05, 0) is 25.5 Å². The molecule has 12 heavy (non-hydrogen) atoms. The van der Waals surface area contributed by atoms with Crippen molar-refractivity contribution in [2.45, 2.75) is 13.8 Å². The summed E-state index contributed by atoms with van der Waals surface area (Å²) in [5.74, 6) is -0.594. The molecule has 1 amide bonds. The quantitative estimate of drug-likeness (QED) is 0.718. The van der Waals surface area contributed by atoms with Gasteiger partial charge in [0.2, 0.25) is 0 Å². The average Bonchev–Trinajstić information content (AvgIpc) is 1.96. The molecule has 0 aliphatic heterocycles. The Balaban J connectivity index is 3.33. The van der Waals surface area contributed by atoms with E-state index in [4.69, 9.17) is 17.3 Å². The second-order valence-electron chi connectivity index (χ2n) is 2.59. The fourth-order valence-corrected chi connectivity index (χ4v) is 1.14. The van der Waals surface area contributed by atoms with Gasteiger partial charge in [0, 0.05) is 5.69 Å². The summed E-state index contributed by atoms with van der Waals surface area (Å²) in [5, 5.41) is 0.311. The zero-order chi connectivity index (χ0) is 9.30. The minimum Gasteiger partial charge on any atom is -0.364 e. The highest BCUT2D eigenvalue weighted by molar-refractivity contribution is 6.33. The number of rotatable bonds is 1. The van der Waals surface area contributed by atoms with Crippen molar-refractivity contribution in [2.75, 3.05) is 0 Å². The lowest BCUT2D eigenvalue weighted by atomic mass is 10.2. The molecule has 1 heterocycles. The van der Waals surface area contributed by atoms with Gasteiger partial charge in [-0.15, -0.1) is 0 Å². The van der Waals surface area contributed by atoms with E-state index < -0.39 is 5.91 Å². The summed E-state index contributed by atoms with van der Waals surface area (Å²) in [6, 6.07) is 1.68. The molecule has 0 saturated carbocycles. The van der Waals surface area contributed by atoms with Crippen molar-refractivity contribution in [3.63, 3.8) is 0 Å². The van der Waals surface area contributed by atoms with Crippen LogP contribution in [0.5, 0.6) is 0 Å². The monoisotopic (exact) mass is 184 g/mol. The second-order valence-corrected chi connectivity index (χ2v) is 2.99. The Morgan fingerprint density at radius 2 is 2.17 bits per heavy atom. The summed E-state index contributed by atoms with van der Waals surface area (Å²) in [6.07, 6.45) is 0. The number of primary amides is 1. The molecule has 0 bridgehead atoms. The van der Waals surface area contributed by atoms with Crippen LogP contribution in [0.15, 0.2) is 6.07 Å². The first-order chi connectivity index (χ1) is 5.52. The van der Waals surface area contributed by atoms with Crippen LogP contribution in [0.25, 0.3) is 0 Å². The topological polar surface area (TPSA) is 56.0 Å². The fourth-order valence-electron chi connectivity index (χ4n) is 0.845. The minimum atomic E-state index is -0.594.